The molecule has 0 amide bonds. The van der Waals surface area contributed by atoms with Crippen LogP contribution in [0.1, 0.15) is 52.9 Å². The van der Waals surface area contributed by atoms with Crippen molar-refractivity contribution in [3.63, 3.8) is 0 Å². The van der Waals surface area contributed by atoms with Crippen molar-refractivity contribution in [2.45, 2.75) is 51.7 Å². The molecule has 0 aliphatic carbocycles. The molecule has 1 heterocycles. The third-order valence-corrected chi connectivity index (χ3v) is 6.86. The zero-order valence-corrected chi connectivity index (χ0v) is 19.8. The number of carbonyl (C=O) groups is 3. The van der Waals surface area contributed by atoms with E-state index in [0.29, 0.717) is 16.8 Å². The van der Waals surface area contributed by atoms with E-state index in [4.69, 9.17) is 27.9 Å². The Morgan fingerprint density at radius 3 is 2.23 bits per heavy atom. The molecule has 0 bridgehead atoms. The lowest BCUT2D eigenvalue weighted by molar-refractivity contribution is -0.147. The van der Waals surface area contributed by atoms with Crippen LogP contribution in [0, 0.1) is 13.8 Å². The number of Topliss-reactive ketones (excluding diaryl/α,β-unsaturated/α-hetero) is 2. The van der Waals surface area contributed by atoms with E-state index >= 15 is 0 Å². The van der Waals surface area contributed by atoms with Gasteiger partial charge in [-0.15, -0.1) is 0 Å². The molecular weight excluding hydrogens is 467 g/mol. The molecule has 1 aromatic carbocycles. The van der Waals surface area contributed by atoms with Gasteiger partial charge in [0.05, 0.1) is 20.6 Å². The van der Waals surface area contributed by atoms with E-state index in [1.165, 1.54) is 32.9 Å². The fraction of sp³-hybridized carbons (Fsp3) is 0.350. The van der Waals surface area contributed by atoms with Crippen molar-refractivity contribution < 1.29 is 27.5 Å². The molecule has 0 fully saturated rings. The summed E-state index contributed by atoms with van der Waals surface area (Å²) < 4.78 is 32.3. The van der Waals surface area contributed by atoms with Gasteiger partial charge in [-0.3, -0.25) is 14.4 Å². The van der Waals surface area contributed by atoms with Crippen molar-refractivity contribution in [1.29, 1.82) is 0 Å². The average Bonchev–Trinajstić information content (AvgIpc) is 2.96. The highest BCUT2D eigenvalue weighted by Gasteiger charge is 2.29. The summed E-state index contributed by atoms with van der Waals surface area (Å²) >= 11 is 11.6. The van der Waals surface area contributed by atoms with Crippen molar-refractivity contribution >= 4 is 50.8 Å². The lowest BCUT2D eigenvalue weighted by Crippen LogP contribution is -2.41. The Hall–Kier alpha value is -2.20. The number of ketones is 2. The van der Waals surface area contributed by atoms with Crippen molar-refractivity contribution in [2.75, 3.05) is 0 Å². The minimum atomic E-state index is -4.09. The molecule has 11 heteroatoms. The van der Waals surface area contributed by atoms with E-state index in [-0.39, 0.29) is 26.4 Å². The Bertz CT molecular complexity index is 1160. The largest absolute Gasteiger partial charge is 0.453 e. The van der Waals surface area contributed by atoms with Crippen LogP contribution in [0.3, 0.4) is 0 Å². The van der Waals surface area contributed by atoms with E-state index in [0.717, 1.165) is 6.07 Å². The molecule has 31 heavy (non-hydrogen) atoms. The average molecular weight is 489 g/mol. The van der Waals surface area contributed by atoms with Crippen molar-refractivity contribution in [2.24, 2.45) is 0 Å². The zero-order valence-electron chi connectivity index (χ0n) is 17.5. The number of ether oxygens (including phenoxy) is 1. The van der Waals surface area contributed by atoms with E-state index < -0.39 is 33.9 Å². The molecule has 0 saturated heterocycles. The topological polar surface area (TPSA) is 122 Å². The van der Waals surface area contributed by atoms with Gasteiger partial charge in [0.1, 0.15) is 6.04 Å². The molecule has 168 valence electrons. The second-order valence-corrected chi connectivity index (χ2v) is 9.57. The predicted molar refractivity (Wildman–Crippen MR) is 116 cm³/mol. The standard InChI is InChI=1S/C20H22Cl2N2O6S/c1-9-17(12(4)25)10(2)23-18(9)19(26)13(5)30-20(27)11(3)24-31(28,29)14-6-7-15(21)16(22)8-14/h6-8,11,13,23-24H,1-5H3/t11-,13-/m0/s1. The number of aromatic amines is 1. The summed E-state index contributed by atoms with van der Waals surface area (Å²) in [4.78, 5) is 39.5. The number of hydrogen-bond donors (Lipinski definition) is 2. The Morgan fingerprint density at radius 2 is 1.71 bits per heavy atom. The molecule has 2 rings (SSSR count). The minimum Gasteiger partial charge on any atom is -0.453 e. The fourth-order valence-electron chi connectivity index (χ4n) is 3.05. The van der Waals surface area contributed by atoms with E-state index in [1.807, 2.05) is 0 Å². The van der Waals surface area contributed by atoms with Gasteiger partial charge in [-0.05, 0) is 58.4 Å². The molecule has 2 aromatic rings. The second-order valence-electron chi connectivity index (χ2n) is 7.04. The third kappa shape index (κ3) is 5.54. The molecule has 2 atom stereocenters. The highest BCUT2D eigenvalue weighted by molar-refractivity contribution is 7.89. The second kappa shape index (κ2) is 9.52. The number of esters is 1. The van der Waals surface area contributed by atoms with Gasteiger partial charge < -0.3 is 9.72 Å². The number of benzene rings is 1. The SMILES string of the molecule is CC(=O)c1c(C)[nH]c(C(=O)[C@H](C)OC(=O)[C@H](C)NS(=O)(=O)c2ccc(Cl)c(Cl)c2)c1C. The maximum Gasteiger partial charge on any atom is 0.324 e. The number of sulfonamides is 1. The summed E-state index contributed by atoms with van der Waals surface area (Å²) in [5.74, 6) is -1.68. The summed E-state index contributed by atoms with van der Waals surface area (Å²) in [5, 5.41) is 0.226. The third-order valence-electron chi connectivity index (χ3n) is 4.58. The van der Waals surface area contributed by atoms with Gasteiger partial charge in [-0.2, -0.15) is 4.72 Å². The monoisotopic (exact) mass is 488 g/mol. The first kappa shape index (κ1) is 25.1. The van der Waals surface area contributed by atoms with Gasteiger partial charge >= 0.3 is 5.97 Å². The smallest absolute Gasteiger partial charge is 0.324 e. The number of H-pyrrole nitrogens is 1. The van der Waals surface area contributed by atoms with E-state index in [1.54, 1.807) is 13.8 Å². The molecule has 0 aliphatic heterocycles. The Labute approximate surface area is 190 Å². The molecule has 0 unspecified atom stereocenters. The number of halogens is 2. The van der Waals surface area contributed by atoms with Crippen LogP contribution in [0.25, 0.3) is 0 Å². The first-order chi connectivity index (χ1) is 14.3. The number of hydrogen-bond acceptors (Lipinski definition) is 6. The zero-order chi connectivity index (χ0) is 23.7. The summed E-state index contributed by atoms with van der Waals surface area (Å²) in [6.45, 7) is 7.32. The van der Waals surface area contributed by atoms with Crippen LogP contribution in [0.5, 0.6) is 0 Å². The first-order valence-corrected chi connectivity index (χ1v) is 11.4. The van der Waals surface area contributed by atoms with Gasteiger partial charge in [0.2, 0.25) is 15.8 Å². The predicted octanol–water partition coefficient (Wildman–Crippen LogP) is 3.62. The fourth-order valence-corrected chi connectivity index (χ4v) is 4.63. The van der Waals surface area contributed by atoms with Crippen LogP contribution < -0.4 is 4.72 Å². The lowest BCUT2D eigenvalue weighted by atomic mass is 10.0. The summed E-state index contributed by atoms with van der Waals surface area (Å²) in [5.41, 5.74) is 1.57. The minimum absolute atomic E-state index is 0.0422. The molecule has 0 saturated carbocycles. The van der Waals surface area contributed by atoms with Gasteiger partial charge in [0.25, 0.3) is 0 Å². The normalized spacial score (nSPS) is 13.5. The van der Waals surface area contributed by atoms with Crippen molar-refractivity contribution in [1.82, 2.24) is 9.71 Å². The number of nitrogens with one attached hydrogen (secondary N) is 2. The number of aromatic nitrogens is 1. The molecule has 8 nitrogen and oxygen atoms in total. The molecule has 0 aliphatic rings. The molecule has 2 N–H and O–H groups in total. The molecular formula is C20H22Cl2N2O6S. The van der Waals surface area contributed by atoms with Crippen LogP contribution >= 0.6 is 23.2 Å². The maximum absolute atomic E-state index is 12.7. The summed E-state index contributed by atoms with van der Waals surface area (Å²) in [6.07, 6.45) is -1.21. The molecule has 0 radical (unpaired) electrons. The van der Waals surface area contributed by atoms with Crippen LogP contribution in [0.15, 0.2) is 23.1 Å². The first-order valence-electron chi connectivity index (χ1n) is 9.18. The van der Waals surface area contributed by atoms with Gasteiger partial charge in [-0.1, -0.05) is 23.2 Å². The summed E-state index contributed by atoms with van der Waals surface area (Å²) in [6, 6.07) is 2.43. The quantitative estimate of drug-likeness (QED) is 0.432. The van der Waals surface area contributed by atoms with Crippen molar-refractivity contribution in [3.8, 4) is 0 Å². The number of carbonyl (C=O) groups excluding carboxylic acids is 3. The van der Waals surface area contributed by atoms with E-state index in [9.17, 15) is 22.8 Å². The highest BCUT2D eigenvalue weighted by Crippen LogP contribution is 2.25. The summed E-state index contributed by atoms with van der Waals surface area (Å²) in [7, 11) is -4.09. The Morgan fingerprint density at radius 1 is 1.10 bits per heavy atom. The van der Waals surface area contributed by atoms with Crippen LogP contribution in [0.4, 0.5) is 0 Å². The Kier molecular flexibility index (Phi) is 7.70. The van der Waals surface area contributed by atoms with E-state index in [2.05, 4.69) is 9.71 Å². The Balaban J connectivity index is 2.12. The van der Waals surface area contributed by atoms with Gasteiger partial charge in [0.15, 0.2) is 11.9 Å². The molecule has 1 aromatic heterocycles. The lowest BCUT2D eigenvalue weighted by Gasteiger charge is -2.17. The van der Waals surface area contributed by atoms with Crippen molar-refractivity contribution in [3.05, 3.63) is 50.8 Å². The van der Waals surface area contributed by atoms with Crippen LogP contribution in [0.2, 0.25) is 10.0 Å². The number of rotatable bonds is 8. The van der Waals surface area contributed by atoms with Gasteiger partial charge in [-0.25, -0.2) is 8.42 Å². The molecule has 0 spiro atoms. The van der Waals surface area contributed by atoms with Gasteiger partial charge in [0, 0.05) is 11.3 Å². The van der Waals surface area contributed by atoms with Crippen LogP contribution in [-0.4, -0.2) is 43.1 Å². The van der Waals surface area contributed by atoms with Crippen LogP contribution in [-0.2, 0) is 19.6 Å². The highest BCUT2D eigenvalue weighted by atomic mass is 35.5. The number of aryl methyl sites for hydroxylation is 1. The maximum atomic E-state index is 12.7.